The van der Waals surface area contributed by atoms with Gasteiger partial charge in [0.2, 0.25) is 5.91 Å². The lowest BCUT2D eigenvalue weighted by Crippen LogP contribution is -2.44. The lowest BCUT2D eigenvalue weighted by Gasteiger charge is -2.25. The van der Waals surface area contributed by atoms with Crippen molar-refractivity contribution in [3.05, 3.63) is 102 Å². The van der Waals surface area contributed by atoms with E-state index < -0.39 is 17.7 Å². The Hall–Kier alpha value is -5.17. The molecule has 13 heteroatoms. The van der Waals surface area contributed by atoms with E-state index in [-0.39, 0.29) is 17.7 Å². The number of hydrogen-bond acceptors (Lipinski definition) is 7. The van der Waals surface area contributed by atoms with Gasteiger partial charge in [-0.3, -0.25) is 9.48 Å². The van der Waals surface area contributed by atoms with Gasteiger partial charge in [0.05, 0.1) is 23.6 Å². The topological polar surface area (TPSA) is 103 Å². The molecular weight excluding hydrogens is 742 g/mol. The number of hydrogen-bond donors (Lipinski definition) is 1. The number of anilines is 1. The molecule has 276 valence electrons. The van der Waals surface area contributed by atoms with Crippen LogP contribution < -0.4 is 15.0 Å². The van der Waals surface area contributed by atoms with Crippen molar-refractivity contribution < 1.29 is 18.3 Å². The van der Waals surface area contributed by atoms with E-state index in [2.05, 4.69) is 68.4 Å². The standard InChI is InChI=1S/C33H28F2N8O2.C5H9Br.C2H6/c1-41-28-9-4-12-36-33(44)29-15-22(45-21-6-2-5-19(13-21)23-7-3-8-26(40-41)30(23)28)17-42(29)31-24-16-39-43(32(24)38-18-37-31)27-11-10-20(34)14-25(27)35;1-5(2)3-4-6;1-2/h2-3,5-8,10-11,13-14,16,18,22,29H,4,9,12,15,17H2,1H3,(H,36,44);3H,4H2,1-2H3;1-2H3/t22?,29-;;/m0../s1. The average molecular weight is 786 g/mol. The molecule has 5 heterocycles. The molecule has 6 aromatic rings. The van der Waals surface area contributed by atoms with Crippen molar-refractivity contribution in [2.75, 3.05) is 23.3 Å². The maximum Gasteiger partial charge on any atom is 0.242 e. The first-order valence-corrected chi connectivity index (χ1v) is 18.9. The Morgan fingerprint density at radius 3 is 2.64 bits per heavy atom. The van der Waals surface area contributed by atoms with Gasteiger partial charge in [-0.2, -0.15) is 10.2 Å². The first-order chi connectivity index (χ1) is 25.7. The highest BCUT2D eigenvalue weighted by atomic mass is 79.9. The third-order valence-electron chi connectivity index (χ3n) is 9.12. The number of alkyl halides is 1. The minimum Gasteiger partial charge on any atom is -0.488 e. The van der Waals surface area contributed by atoms with Crippen LogP contribution in [0.1, 0.15) is 46.2 Å². The Morgan fingerprint density at radius 1 is 1.08 bits per heavy atom. The molecule has 1 N–H and O–H groups in total. The molecule has 1 saturated heterocycles. The highest BCUT2D eigenvalue weighted by molar-refractivity contribution is 9.09. The molecule has 1 amide bonds. The number of amides is 1. The largest absolute Gasteiger partial charge is 0.488 e. The van der Waals surface area contributed by atoms with Gasteiger partial charge in [-0.15, -0.1) is 0 Å². The van der Waals surface area contributed by atoms with Crippen LogP contribution in [0, 0.1) is 11.6 Å². The van der Waals surface area contributed by atoms with Gasteiger partial charge in [0, 0.05) is 42.5 Å². The number of fused-ring (bicyclic) bond motifs is 6. The van der Waals surface area contributed by atoms with E-state index >= 15 is 0 Å². The summed E-state index contributed by atoms with van der Waals surface area (Å²) in [6.07, 6.45) is 6.61. The summed E-state index contributed by atoms with van der Waals surface area (Å²) < 4.78 is 38.1. The Labute approximate surface area is 316 Å². The molecule has 0 saturated carbocycles. The molecule has 2 aliphatic rings. The quantitative estimate of drug-likeness (QED) is 0.143. The number of halogens is 3. The van der Waals surface area contributed by atoms with Gasteiger partial charge < -0.3 is 15.0 Å². The predicted molar refractivity (Wildman–Crippen MR) is 209 cm³/mol. The number of carbonyl (C=O) groups excluding carboxylic acids is 1. The van der Waals surface area contributed by atoms with Gasteiger partial charge in [-0.1, -0.05) is 65.7 Å². The molecule has 0 spiro atoms. The maximum atomic E-state index is 14.7. The van der Waals surface area contributed by atoms with Gasteiger partial charge in [-0.25, -0.2) is 23.4 Å². The molecule has 0 radical (unpaired) electrons. The van der Waals surface area contributed by atoms with Crippen molar-refractivity contribution in [2.24, 2.45) is 7.05 Å². The van der Waals surface area contributed by atoms with Crippen LogP contribution in [0.2, 0.25) is 0 Å². The molecule has 8 rings (SSSR count). The van der Waals surface area contributed by atoms with Crippen LogP contribution in [0.25, 0.3) is 38.8 Å². The zero-order chi connectivity index (χ0) is 37.6. The van der Waals surface area contributed by atoms with Gasteiger partial charge in [0.15, 0.2) is 11.5 Å². The second-order valence-corrected chi connectivity index (χ2v) is 13.5. The van der Waals surface area contributed by atoms with E-state index in [0.717, 1.165) is 52.0 Å². The number of rotatable bonds is 3. The van der Waals surface area contributed by atoms with Crippen LogP contribution in [0.4, 0.5) is 14.6 Å². The first-order valence-electron chi connectivity index (χ1n) is 17.8. The summed E-state index contributed by atoms with van der Waals surface area (Å²) in [5.74, 6) is -0.403. The first kappa shape index (κ1) is 37.6. The lowest BCUT2D eigenvalue weighted by molar-refractivity contribution is -0.122. The van der Waals surface area contributed by atoms with E-state index in [4.69, 9.17) is 9.84 Å². The van der Waals surface area contributed by atoms with Crippen LogP contribution in [0.15, 0.2) is 84.8 Å². The van der Waals surface area contributed by atoms with Crippen LogP contribution in [0.5, 0.6) is 5.75 Å². The molecule has 2 aliphatic heterocycles. The Morgan fingerprint density at radius 2 is 1.89 bits per heavy atom. The Kier molecular flexibility index (Phi) is 11.8. The Balaban J connectivity index is 0.000000549. The normalized spacial score (nSPS) is 16.7. The number of benzene rings is 3. The van der Waals surface area contributed by atoms with Crippen molar-refractivity contribution in [1.29, 1.82) is 0 Å². The highest BCUT2D eigenvalue weighted by Gasteiger charge is 2.40. The predicted octanol–water partition coefficient (Wildman–Crippen LogP) is 8.11. The summed E-state index contributed by atoms with van der Waals surface area (Å²) in [6, 6.07) is 16.9. The van der Waals surface area contributed by atoms with E-state index in [0.29, 0.717) is 42.1 Å². The van der Waals surface area contributed by atoms with Gasteiger partial charge in [-0.05, 0) is 68.1 Å². The van der Waals surface area contributed by atoms with Gasteiger partial charge >= 0.3 is 0 Å². The molecule has 0 aliphatic carbocycles. The molecule has 3 aromatic carbocycles. The van der Waals surface area contributed by atoms with E-state index in [1.54, 1.807) is 0 Å². The maximum absolute atomic E-state index is 14.7. The fourth-order valence-corrected chi connectivity index (χ4v) is 7.41. The molecule has 53 heavy (non-hydrogen) atoms. The van der Waals surface area contributed by atoms with Gasteiger partial charge in [0.1, 0.15) is 41.5 Å². The van der Waals surface area contributed by atoms with Crippen LogP contribution in [-0.2, 0) is 18.3 Å². The lowest BCUT2D eigenvalue weighted by atomic mass is 9.98. The summed E-state index contributed by atoms with van der Waals surface area (Å²) >= 11 is 3.27. The summed E-state index contributed by atoms with van der Waals surface area (Å²) in [6.45, 7) is 9.04. The smallest absolute Gasteiger partial charge is 0.242 e. The van der Waals surface area contributed by atoms with Crippen LogP contribution in [-0.4, -0.2) is 66.0 Å². The third kappa shape index (κ3) is 7.95. The molecule has 1 fully saturated rings. The average Bonchev–Trinajstić information content (AvgIpc) is 3.86. The summed E-state index contributed by atoms with van der Waals surface area (Å²) in [5.41, 5.74) is 5.92. The molecule has 4 bridgehead atoms. The van der Waals surface area contributed by atoms with Crippen LogP contribution >= 0.6 is 15.9 Å². The summed E-state index contributed by atoms with van der Waals surface area (Å²) in [4.78, 5) is 24.6. The molecule has 3 aromatic heterocycles. The molecule has 2 atom stereocenters. The third-order valence-corrected chi connectivity index (χ3v) is 9.45. The summed E-state index contributed by atoms with van der Waals surface area (Å²) in [7, 11) is 1.96. The highest BCUT2D eigenvalue weighted by Crippen LogP contribution is 2.36. The van der Waals surface area contributed by atoms with Crippen molar-refractivity contribution in [2.45, 2.75) is 59.1 Å². The number of aromatic nitrogens is 6. The molecule has 1 unspecified atom stereocenters. The minimum atomic E-state index is -0.767. The monoisotopic (exact) mass is 784 g/mol. The fourth-order valence-electron chi connectivity index (χ4n) is 6.76. The van der Waals surface area contributed by atoms with E-state index in [1.807, 2.05) is 60.8 Å². The fraction of sp³-hybridized carbons (Fsp3) is 0.325. The van der Waals surface area contributed by atoms with Crippen molar-refractivity contribution in [3.63, 3.8) is 0 Å². The van der Waals surface area contributed by atoms with Crippen molar-refractivity contribution in [3.8, 4) is 22.6 Å². The zero-order valence-corrected chi connectivity index (χ0v) is 32.1. The number of ether oxygens (including phenoxy) is 1. The number of carbonyl (C=O) groups is 1. The molecular formula is C40H43BrF2N8O2. The number of nitrogens with zero attached hydrogens (tertiary/aromatic N) is 7. The number of aryl methyl sites for hydroxylation is 2. The van der Waals surface area contributed by atoms with Crippen molar-refractivity contribution >= 4 is 49.6 Å². The SMILES string of the molecule is CC.CC(C)=CCBr.Cn1nc2cccc3c2c1CCCNC(=O)[C@@H]1CC(CN1c1ncnc2c1cnn2-c1ccc(F)cc1F)Oc1cccc-3c1. The van der Waals surface area contributed by atoms with E-state index in [1.165, 1.54) is 34.9 Å². The van der Waals surface area contributed by atoms with E-state index in [9.17, 15) is 13.6 Å². The minimum absolute atomic E-state index is 0.0570. The Bertz CT molecular complexity index is 2260. The number of allylic oxidation sites excluding steroid dienone is 2. The second kappa shape index (κ2) is 16.7. The summed E-state index contributed by atoms with van der Waals surface area (Å²) in [5, 5.41) is 14.9. The van der Waals surface area contributed by atoms with Gasteiger partial charge in [0.25, 0.3) is 0 Å². The molecule has 10 nitrogen and oxygen atoms in total. The number of nitrogens with one attached hydrogen (secondary N) is 1. The zero-order valence-electron chi connectivity index (χ0n) is 30.5. The van der Waals surface area contributed by atoms with Crippen LogP contribution in [0.3, 0.4) is 0 Å². The second-order valence-electron chi connectivity index (χ2n) is 12.9. The van der Waals surface area contributed by atoms with Crippen molar-refractivity contribution in [1.82, 2.24) is 34.8 Å².